The Balaban J connectivity index is 1.63. The van der Waals surface area contributed by atoms with Gasteiger partial charge < -0.3 is 10.6 Å². The Morgan fingerprint density at radius 1 is 1.33 bits per heavy atom. The number of hydrogen-bond acceptors (Lipinski definition) is 4. The maximum Gasteiger partial charge on any atom is 0.325 e. The fraction of sp³-hybridized carbons (Fsp3) is 0.529. The standard InChI is InChI=1S/C17H22N4O3/c1-2-12-3-7-17(8-4-12)15(23)21(16(24)20-17)11-14(22)19-13-5-9-18-10-6-13/h5-6,9-10,12H,2-4,7-8,11H2,1H3,(H,20,24)(H,18,19,22). The van der Waals surface area contributed by atoms with Crippen molar-refractivity contribution in [3.05, 3.63) is 24.5 Å². The van der Waals surface area contributed by atoms with Gasteiger partial charge in [-0.25, -0.2) is 4.79 Å². The summed E-state index contributed by atoms with van der Waals surface area (Å²) < 4.78 is 0. The van der Waals surface area contributed by atoms with Gasteiger partial charge in [0.1, 0.15) is 12.1 Å². The minimum absolute atomic E-state index is 0.271. The fourth-order valence-corrected chi connectivity index (χ4v) is 3.52. The Morgan fingerprint density at radius 3 is 2.62 bits per heavy atom. The first kappa shape index (κ1) is 16.4. The van der Waals surface area contributed by atoms with Crippen LogP contribution in [0.1, 0.15) is 39.0 Å². The molecule has 2 fully saturated rings. The minimum atomic E-state index is -0.806. The molecular formula is C17H22N4O3. The highest BCUT2D eigenvalue weighted by atomic mass is 16.2. The van der Waals surface area contributed by atoms with Crippen molar-refractivity contribution in [3.8, 4) is 0 Å². The molecule has 4 amide bonds. The van der Waals surface area contributed by atoms with E-state index in [2.05, 4.69) is 22.5 Å². The molecule has 1 aromatic heterocycles. The topological polar surface area (TPSA) is 91.4 Å². The number of pyridine rings is 1. The normalized spacial score (nSPS) is 26.5. The quantitative estimate of drug-likeness (QED) is 0.825. The molecule has 3 rings (SSSR count). The summed E-state index contributed by atoms with van der Waals surface area (Å²) in [6, 6.07) is 2.83. The molecule has 2 heterocycles. The number of rotatable bonds is 4. The Hall–Kier alpha value is -2.44. The summed E-state index contributed by atoms with van der Waals surface area (Å²) in [4.78, 5) is 42.0. The molecule has 2 aliphatic rings. The molecule has 1 aliphatic heterocycles. The van der Waals surface area contributed by atoms with Crippen molar-refractivity contribution >= 4 is 23.5 Å². The van der Waals surface area contributed by atoms with Crippen LogP contribution in [0.5, 0.6) is 0 Å². The smallest absolute Gasteiger partial charge is 0.324 e. The average molecular weight is 330 g/mol. The predicted molar refractivity (Wildman–Crippen MR) is 88.1 cm³/mol. The second kappa shape index (κ2) is 6.59. The first-order valence-electron chi connectivity index (χ1n) is 8.38. The van der Waals surface area contributed by atoms with Gasteiger partial charge in [0.2, 0.25) is 5.91 Å². The molecule has 0 bridgehead atoms. The Kier molecular flexibility index (Phi) is 4.51. The number of aromatic nitrogens is 1. The molecule has 0 atom stereocenters. The number of urea groups is 1. The van der Waals surface area contributed by atoms with Gasteiger partial charge in [-0.15, -0.1) is 0 Å². The number of imide groups is 1. The Morgan fingerprint density at radius 2 is 2.00 bits per heavy atom. The first-order valence-corrected chi connectivity index (χ1v) is 8.38. The molecular weight excluding hydrogens is 308 g/mol. The lowest BCUT2D eigenvalue weighted by Gasteiger charge is -2.34. The van der Waals surface area contributed by atoms with E-state index in [9.17, 15) is 14.4 Å². The van der Waals surface area contributed by atoms with Crippen LogP contribution in [-0.4, -0.2) is 39.8 Å². The molecule has 1 spiro atoms. The van der Waals surface area contributed by atoms with Gasteiger partial charge in [0.25, 0.3) is 5.91 Å². The summed E-state index contributed by atoms with van der Waals surface area (Å²) in [5.74, 6) is -0.0553. The molecule has 2 N–H and O–H groups in total. The van der Waals surface area contributed by atoms with Crippen LogP contribution in [0, 0.1) is 5.92 Å². The van der Waals surface area contributed by atoms with Crippen molar-refractivity contribution in [1.29, 1.82) is 0 Å². The first-order chi connectivity index (χ1) is 11.5. The molecule has 0 radical (unpaired) electrons. The third-order valence-corrected chi connectivity index (χ3v) is 5.05. The van der Waals surface area contributed by atoms with E-state index in [1.165, 1.54) is 0 Å². The third kappa shape index (κ3) is 3.11. The van der Waals surface area contributed by atoms with E-state index in [0.29, 0.717) is 24.4 Å². The summed E-state index contributed by atoms with van der Waals surface area (Å²) >= 11 is 0. The van der Waals surface area contributed by atoms with Crippen LogP contribution in [0.15, 0.2) is 24.5 Å². The molecule has 0 unspecified atom stereocenters. The summed E-state index contributed by atoms with van der Waals surface area (Å²) in [6.07, 6.45) is 7.38. The lowest BCUT2D eigenvalue weighted by molar-refractivity contribution is -0.135. The van der Waals surface area contributed by atoms with Gasteiger partial charge in [0.15, 0.2) is 0 Å². The van der Waals surface area contributed by atoms with E-state index >= 15 is 0 Å². The molecule has 7 nitrogen and oxygen atoms in total. The van der Waals surface area contributed by atoms with Crippen LogP contribution >= 0.6 is 0 Å². The zero-order valence-electron chi connectivity index (χ0n) is 13.7. The molecule has 1 aromatic rings. The van der Waals surface area contributed by atoms with Gasteiger partial charge in [-0.1, -0.05) is 13.3 Å². The SMILES string of the molecule is CCC1CCC2(CC1)NC(=O)N(CC(=O)Nc1ccncc1)C2=O. The van der Waals surface area contributed by atoms with Gasteiger partial charge in [-0.2, -0.15) is 0 Å². The summed E-state index contributed by atoms with van der Waals surface area (Å²) in [5.41, 5.74) is -0.222. The number of carbonyl (C=O) groups is 3. The van der Waals surface area contributed by atoms with Gasteiger partial charge in [0.05, 0.1) is 0 Å². The number of amides is 4. The molecule has 7 heteroatoms. The van der Waals surface area contributed by atoms with Crippen molar-refractivity contribution < 1.29 is 14.4 Å². The summed E-state index contributed by atoms with van der Waals surface area (Å²) in [6.45, 7) is 1.87. The highest BCUT2D eigenvalue weighted by Gasteiger charge is 2.52. The monoisotopic (exact) mass is 330 g/mol. The number of nitrogens with one attached hydrogen (secondary N) is 2. The number of carbonyl (C=O) groups excluding carboxylic acids is 3. The molecule has 1 aliphatic carbocycles. The molecule has 24 heavy (non-hydrogen) atoms. The second-order valence-corrected chi connectivity index (χ2v) is 6.54. The van der Waals surface area contributed by atoms with Gasteiger partial charge in [-0.05, 0) is 43.7 Å². The second-order valence-electron chi connectivity index (χ2n) is 6.54. The van der Waals surface area contributed by atoms with E-state index in [0.717, 1.165) is 24.2 Å². The molecule has 0 aromatic carbocycles. The van der Waals surface area contributed by atoms with E-state index in [1.54, 1.807) is 24.5 Å². The molecule has 1 saturated heterocycles. The predicted octanol–water partition coefficient (Wildman–Crippen LogP) is 1.91. The Labute approximate surface area is 140 Å². The highest BCUT2D eigenvalue weighted by Crippen LogP contribution is 2.37. The van der Waals surface area contributed by atoms with Crippen molar-refractivity contribution in [2.75, 3.05) is 11.9 Å². The maximum atomic E-state index is 12.7. The third-order valence-electron chi connectivity index (χ3n) is 5.05. The Bertz CT molecular complexity index is 638. The van der Waals surface area contributed by atoms with E-state index in [1.807, 2.05) is 0 Å². The molecule has 1 saturated carbocycles. The van der Waals surface area contributed by atoms with Crippen LogP contribution in [0.25, 0.3) is 0 Å². The van der Waals surface area contributed by atoms with Crippen LogP contribution in [0.2, 0.25) is 0 Å². The van der Waals surface area contributed by atoms with Gasteiger partial charge in [0, 0.05) is 18.1 Å². The van der Waals surface area contributed by atoms with E-state index in [-0.39, 0.29) is 12.5 Å². The maximum absolute atomic E-state index is 12.7. The van der Waals surface area contributed by atoms with Gasteiger partial charge in [-0.3, -0.25) is 19.5 Å². The van der Waals surface area contributed by atoms with E-state index in [4.69, 9.17) is 0 Å². The summed E-state index contributed by atoms with van der Waals surface area (Å²) in [7, 11) is 0. The van der Waals surface area contributed by atoms with Gasteiger partial charge >= 0.3 is 6.03 Å². The lowest BCUT2D eigenvalue weighted by Crippen LogP contribution is -2.49. The number of nitrogens with zero attached hydrogens (tertiary/aromatic N) is 2. The van der Waals surface area contributed by atoms with E-state index < -0.39 is 17.5 Å². The molecule has 128 valence electrons. The van der Waals surface area contributed by atoms with Crippen molar-refractivity contribution in [1.82, 2.24) is 15.2 Å². The zero-order valence-corrected chi connectivity index (χ0v) is 13.7. The lowest BCUT2D eigenvalue weighted by atomic mass is 9.75. The van der Waals surface area contributed by atoms with Crippen molar-refractivity contribution in [2.24, 2.45) is 5.92 Å². The summed E-state index contributed by atoms with van der Waals surface area (Å²) in [5, 5.41) is 5.50. The van der Waals surface area contributed by atoms with Crippen molar-refractivity contribution in [3.63, 3.8) is 0 Å². The van der Waals surface area contributed by atoms with Crippen LogP contribution in [0.3, 0.4) is 0 Å². The number of hydrogen-bond donors (Lipinski definition) is 2. The largest absolute Gasteiger partial charge is 0.325 e. The van der Waals surface area contributed by atoms with Crippen LogP contribution in [0.4, 0.5) is 10.5 Å². The van der Waals surface area contributed by atoms with Crippen LogP contribution < -0.4 is 10.6 Å². The highest BCUT2D eigenvalue weighted by molar-refractivity contribution is 6.10. The fourth-order valence-electron chi connectivity index (χ4n) is 3.52. The average Bonchev–Trinajstić information content (AvgIpc) is 2.81. The van der Waals surface area contributed by atoms with Crippen LogP contribution in [-0.2, 0) is 9.59 Å². The zero-order chi connectivity index (χ0) is 17.2. The minimum Gasteiger partial charge on any atom is -0.324 e. The number of anilines is 1. The van der Waals surface area contributed by atoms with Crippen molar-refractivity contribution in [2.45, 2.75) is 44.6 Å².